The van der Waals surface area contributed by atoms with Crippen LogP contribution in [-0.2, 0) is 13.6 Å². The van der Waals surface area contributed by atoms with E-state index < -0.39 is 0 Å². The highest BCUT2D eigenvalue weighted by molar-refractivity contribution is 7.99. The molecule has 0 aliphatic carbocycles. The predicted octanol–water partition coefficient (Wildman–Crippen LogP) is 1.25. The van der Waals surface area contributed by atoms with Gasteiger partial charge in [-0.3, -0.25) is 0 Å². The van der Waals surface area contributed by atoms with Gasteiger partial charge in [-0.1, -0.05) is 13.8 Å². The monoisotopic (exact) mass is 264 g/mol. The second-order valence-electron chi connectivity index (χ2n) is 4.24. The predicted molar refractivity (Wildman–Crippen MR) is 69.1 cm³/mol. The molecule has 1 N–H and O–H groups in total. The molecule has 0 fully saturated rings. The van der Waals surface area contributed by atoms with E-state index in [9.17, 15) is 0 Å². The normalized spacial score (nSPS) is 11.1. The largest absolute Gasteiger partial charge is 0.311 e. The second kappa shape index (κ2) is 5.92. The fraction of sp³-hybridized carbons (Fsp3) is 0.455. The number of aromatic nitrogens is 5. The summed E-state index contributed by atoms with van der Waals surface area (Å²) in [6.45, 7) is 5.00. The molecule has 0 unspecified atom stereocenters. The molecule has 96 valence electrons. The molecule has 0 atom stereocenters. The maximum atomic E-state index is 4.30. The Kier molecular flexibility index (Phi) is 4.27. The number of rotatable bonds is 5. The highest BCUT2D eigenvalue weighted by Crippen LogP contribution is 2.20. The van der Waals surface area contributed by atoms with Crippen LogP contribution < -0.4 is 5.32 Å². The third kappa shape index (κ3) is 3.51. The van der Waals surface area contributed by atoms with Gasteiger partial charge >= 0.3 is 0 Å². The molecule has 0 saturated carbocycles. The highest BCUT2D eigenvalue weighted by atomic mass is 32.2. The van der Waals surface area contributed by atoms with Gasteiger partial charge in [-0.25, -0.2) is 9.97 Å². The van der Waals surface area contributed by atoms with Gasteiger partial charge in [-0.15, -0.1) is 10.2 Å². The van der Waals surface area contributed by atoms with Gasteiger partial charge < -0.3 is 9.88 Å². The van der Waals surface area contributed by atoms with Crippen LogP contribution in [0.1, 0.15) is 19.4 Å². The molecule has 0 bridgehead atoms. The van der Waals surface area contributed by atoms with E-state index in [1.165, 1.54) is 11.8 Å². The van der Waals surface area contributed by atoms with E-state index in [4.69, 9.17) is 0 Å². The topological polar surface area (TPSA) is 68.5 Å². The van der Waals surface area contributed by atoms with E-state index in [1.54, 1.807) is 6.33 Å². The van der Waals surface area contributed by atoms with Crippen molar-refractivity contribution in [2.75, 3.05) is 0 Å². The Hall–Kier alpha value is -1.47. The van der Waals surface area contributed by atoms with E-state index in [0.717, 1.165) is 17.3 Å². The van der Waals surface area contributed by atoms with Crippen LogP contribution in [0.15, 0.2) is 29.0 Å². The van der Waals surface area contributed by atoms with Crippen molar-refractivity contribution >= 4 is 11.8 Å². The first-order chi connectivity index (χ1) is 8.65. The van der Waals surface area contributed by atoms with Gasteiger partial charge in [0.15, 0.2) is 10.3 Å². The summed E-state index contributed by atoms with van der Waals surface area (Å²) >= 11 is 1.40. The molecule has 0 saturated heterocycles. The second-order valence-corrected chi connectivity index (χ2v) is 5.17. The maximum absolute atomic E-state index is 4.30. The van der Waals surface area contributed by atoms with Gasteiger partial charge in [0.2, 0.25) is 0 Å². The minimum absolute atomic E-state index is 0.456. The first-order valence-electron chi connectivity index (χ1n) is 5.71. The first kappa shape index (κ1) is 13.0. The Morgan fingerprint density at radius 1 is 1.33 bits per heavy atom. The molecule has 0 aliphatic rings. The van der Waals surface area contributed by atoms with Crippen molar-refractivity contribution in [1.82, 2.24) is 30.0 Å². The lowest BCUT2D eigenvalue weighted by Crippen LogP contribution is -2.21. The lowest BCUT2D eigenvalue weighted by Gasteiger charge is -2.07. The van der Waals surface area contributed by atoms with Crippen LogP contribution in [0.3, 0.4) is 0 Å². The zero-order valence-electron chi connectivity index (χ0n) is 10.7. The van der Waals surface area contributed by atoms with Crippen molar-refractivity contribution in [3.05, 3.63) is 24.3 Å². The van der Waals surface area contributed by atoms with Gasteiger partial charge in [-0.2, -0.15) is 0 Å². The van der Waals surface area contributed by atoms with Crippen LogP contribution in [-0.4, -0.2) is 30.8 Å². The molecule has 0 radical (unpaired) electrons. The first-order valence-corrected chi connectivity index (χ1v) is 6.53. The fourth-order valence-corrected chi connectivity index (χ4v) is 1.91. The van der Waals surface area contributed by atoms with Crippen LogP contribution in [0.25, 0.3) is 0 Å². The van der Waals surface area contributed by atoms with Crippen molar-refractivity contribution in [1.29, 1.82) is 0 Å². The van der Waals surface area contributed by atoms with E-state index in [0.29, 0.717) is 11.2 Å². The number of hydrogen-bond donors (Lipinski definition) is 1. The smallest absolute Gasteiger partial charge is 0.198 e. The lowest BCUT2D eigenvalue weighted by molar-refractivity contribution is 0.585. The highest BCUT2D eigenvalue weighted by Gasteiger charge is 2.06. The zero-order valence-corrected chi connectivity index (χ0v) is 11.5. The maximum Gasteiger partial charge on any atom is 0.198 e. The molecule has 2 aromatic rings. The summed E-state index contributed by atoms with van der Waals surface area (Å²) in [5.41, 5.74) is 1.08. The van der Waals surface area contributed by atoms with Gasteiger partial charge in [-0.05, 0) is 11.8 Å². The van der Waals surface area contributed by atoms with Gasteiger partial charge in [0.1, 0.15) is 6.33 Å². The number of nitrogens with zero attached hydrogens (tertiary/aromatic N) is 5. The van der Waals surface area contributed by atoms with Crippen LogP contribution in [0.4, 0.5) is 0 Å². The SMILES string of the molecule is CC(C)NCc1cnc(Sc2nncn2C)nc1. The van der Waals surface area contributed by atoms with Crippen LogP contribution in [0.2, 0.25) is 0 Å². The number of nitrogens with one attached hydrogen (secondary N) is 1. The average molecular weight is 264 g/mol. The van der Waals surface area contributed by atoms with Crippen LogP contribution in [0, 0.1) is 0 Å². The molecule has 0 aromatic carbocycles. The summed E-state index contributed by atoms with van der Waals surface area (Å²) in [5, 5.41) is 12.6. The summed E-state index contributed by atoms with van der Waals surface area (Å²) in [4.78, 5) is 8.61. The molecule has 0 spiro atoms. The van der Waals surface area contributed by atoms with Crippen LogP contribution >= 0.6 is 11.8 Å². The third-order valence-corrected chi connectivity index (χ3v) is 3.19. The van der Waals surface area contributed by atoms with Gasteiger partial charge in [0.25, 0.3) is 0 Å². The Labute approximate surface area is 110 Å². The molecule has 0 aliphatic heterocycles. The van der Waals surface area contributed by atoms with Gasteiger partial charge in [0.05, 0.1) is 0 Å². The Bertz CT molecular complexity index is 492. The van der Waals surface area contributed by atoms with Gasteiger partial charge in [0, 0.05) is 37.6 Å². The average Bonchev–Trinajstić information content (AvgIpc) is 2.74. The minimum Gasteiger partial charge on any atom is -0.311 e. The standard InChI is InChI=1S/C11H16N6S/c1-8(2)12-4-9-5-13-10(14-6-9)18-11-16-15-7-17(11)3/h5-8,12H,4H2,1-3H3. The molecule has 0 amide bonds. The molecule has 18 heavy (non-hydrogen) atoms. The summed E-state index contributed by atoms with van der Waals surface area (Å²) in [6, 6.07) is 0.456. The number of aryl methyl sites for hydroxylation is 1. The van der Waals surface area contributed by atoms with E-state index >= 15 is 0 Å². The number of hydrogen-bond acceptors (Lipinski definition) is 6. The molecule has 7 heteroatoms. The summed E-state index contributed by atoms with van der Waals surface area (Å²) in [6.07, 6.45) is 5.32. The summed E-state index contributed by atoms with van der Waals surface area (Å²) in [5.74, 6) is 0. The van der Waals surface area contributed by atoms with Crippen molar-refractivity contribution < 1.29 is 0 Å². The zero-order chi connectivity index (χ0) is 13.0. The van der Waals surface area contributed by atoms with E-state index in [1.807, 2.05) is 24.0 Å². The fourth-order valence-electron chi connectivity index (χ4n) is 1.26. The Balaban J connectivity index is 1.97. The molecular formula is C11H16N6S. The molecular weight excluding hydrogens is 248 g/mol. The summed E-state index contributed by atoms with van der Waals surface area (Å²) in [7, 11) is 1.89. The van der Waals surface area contributed by atoms with Crippen molar-refractivity contribution in [2.45, 2.75) is 36.7 Å². The Morgan fingerprint density at radius 2 is 2.06 bits per heavy atom. The van der Waals surface area contributed by atoms with Crippen molar-refractivity contribution in [3.63, 3.8) is 0 Å². The third-order valence-electron chi connectivity index (χ3n) is 2.25. The minimum atomic E-state index is 0.456. The van der Waals surface area contributed by atoms with Crippen molar-refractivity contribution in [3.8, 4) is 0 Å². The summed E-state index contributed by atoms with van der Waals surface area (Å²) < 4.78 is 1.84. The van der Waals surface area contributed by atoms with E-state index in [-0.39, 0.29) is 0 Å². The molecule has 6 nitrogen and oxygen atoms in total. The lowest BCUT2D eigenvalue weighted by atomic mass is 10.3. The Morgan fingerprint density at radius 3 is 2.61 bits per heavy atom. The van der Waals surface area contributed by atoms with E-state index in [2.05, 4.69) is 39.3 Å². The molecule has 2 heterocycles. The van der Waals surface area contributed by atoms with Crippen LogP contribution in [0.5, 0.6) is 0 Å². The molecule has 2 aromatic heterocycles. The quantitative estimate of drug-likeness (QED) is 0.820. The molecule has 2 rings (SSSR count). The van der Waals surface area contributed by atoms with Crippen molar-refractivity contribution in [2.24, 2.45) is 7.05 Å².